The van der Waals surface area contributed by atoms with Crippen molar-refractivity contribution in [2.75, 3.05) is 25.6 Å². The number of hydrogen-bond acceptors (Lipinski definition) is 5. The summed E-state index contributed by atoms with van der Waals surface area (Å²) in [5.41, 5.74) is 6.35. The van der Waals surface area contributed by atoms with Gasteiger partial charge in [-0.1, -0.05) is 13.3 Å². The summed E-state index contributed by atoms with van der Waals surface area (Å²) < 4.78 is 12.7. The number of fused-ring (bicyclic) bond motifs is 1. The van der Waals surface area contributed by atoms with E-state index < -0.39 is 0 Å². The Morgan fingerprint density at radius 2 is 2.22 bits per heavy atom. The molecule has 0 unspecified atom stereocenters. The number of ether oxygens (including phenoxy) is 2. The van der Waals surface area contributed by atoms with Crippen LogP contribution in [0.2, 0.25) is 0 Å². The zero-order valence-electron chi connectivity index (χ0n) is 10.5. The van der Waals surface area contributed by atoms with Crippen molar-refractivity contribution in [2.45, 2.75) is 19.8 Å². The van der Waals surface area contributed by atoms with Crippen molar-refractivity contribution in [2.24, 2.45) is 0 Å². The van der Waals surface area contributed by atoms with Crippen LogP contribution in [-0.2, 0) is 4.74 Å². The molecule has 6 nitrogen and oxygen atoms in total. The summed E-state index contributed by atoms with van der Waals surface area (Å²) in [7, 11) is 0. The number of nitrogens with zero attached hydrogens (tertiary/aromatic N) is 3. The maximum Gasteiger partial charge on any atom is 0.260 e. The SMILES string of the molecule is CCCCOCCOc1nc(N)cn2ccnc12. The molecule has 0 aromatic carbocycles. The molecule has 2 rings (SSSR count). The van der Waals surface area contributed by atoms with Crippen LogP contribution in [0.1, 0.15) is 19.8 Å². The van der Waals surface area contributed by atoms with E-state index in [-0.39, 0.29) is 0 Å². The Balaban J connectivity index is 1.89. The van der Waals surface area contributed by atoms with Crippen molar-refractivity contribution >= 4 is 11.5 Å². The van der Waals surface area contributed by atoms with E-state index in [9.17, 15) is 0 Å². The zero-order chi connectivity index (χ0) is 12.8. The van der Waals surface area contributed by atoms with E-state index in [1.807, 2.05) is 0 Å². The first kappa shape index (κ1) is 12.6. The Morgan fingerprint density at radius 1 is 1.33 bits per heavy atom. The van der Waals surface area contributed by atoms with Gasteiger partial charge in [0, 0.05) is 19.0 Å². The van der Waals surface area contributed by atoms with E-state index in [0.717, 1.165) is 19.4 Å². The second kappa shape index (κ2) is 6.20. The molecule has 18 heavy (non-hydrogen) atoms. The fourth-order valence-corrected chi connectivity index (χ4v) is 1.56. The van der Waals surface area contributed by atoms with Crippen LogP contribution in [0.3, 0.4) is 0 Å². The van der Waals surface area contributed by atoms with Crippen LogP contribution in [0.4, 0.5) is 5.82 Å². The van der Waals surface area contributed by atoms with Crippen LogP contribution in [0.25, 0.3) is 5.65 Å². The summed E-state index contributed by atoms with van der Waals surface area (Å²) in [5.74, 6) is 0.849. The van der Waals surface area contributed by atoms with Gasteiger partial charge < -0.3 is 15.2 Å². The monoisotopic (exact) mass is 250 g/mol. The summed E-state index contributed by atoms with van der Waals surface area (Å²) in [6.45, 7) is 3.89. The number of imidazole rings is 1. The Labute approximate surface area is 106 Å². The topological polar surface area (TPSA) is 74.7 Å². The smallest absolute Gasteiger partial charge is 0.260 e. The molecular weight excluding hydrogens is 232 g/mol. The molecule has 0 radical (unpaired) electrons. The molecule has 2 aromatic rings. The summed E-state index contributed by atoms with van der Waals surface area (Å²) in [6.07, 6.45) is 7.39. The number of aromatic nitrogens is 3. The highest BCUT2D eigenvalue weighted by Crippen LogP contribution is 2.16. The lowest BCUT2D eigenvalue weighted by molar-refractivity contribution is 0.0969. The van der Waals surface area contributed by atoms with Crippen molar-refractivity contribution in [1.29, 1.82) is 0 Å². The van der Waals surface area contributed by atoms with E-state index in [4.69, 9.17) is 15.2 Å². The van der Waals surface area contributed by atoms with Crippen LogP contribution in [0.15, 0.2) is 18.6 Å². The van der Waals surface area contributed by atoms with Gasteiger partial charge in [-0.3, -0.25) is 4.40 Å². The molecule has 0 amide bonds. The van der Waals surface area contributed by atoms with Crippen molar-refractivity contribution in [3.8, 4) is 5.88 Å². The van der Waals surface area contributed by atoms with Gasteiger partial charge in [0.15, 0.2) is 0 Å². The van der Waals surface area contributed by atoms with Gasteiger partial charge in [0.25, 0.3) is 5.88 Å². The van der Waals surface area contributed by atoms with E-state index in [0.29, 0.717) is 30.6 Å². The lowest BCUT2D eigenvalue weighted by atomic mass is 10.4. The van der Waals surface area contributed by atoms with Gasteiger partial charge in [-0.2, -0.15) is 4.98 Å². The second-order valence-electron chi connectivity index (χ2n) is 3.94. The minimum Gasteiger partial charge on any atom is -0.473 e. The van der Waals surface area contributed by atoms with Gasteiger partial charge in [-0.05, 0) is 6.42 Å². The maximum atomic E-state index is 5.68. The molecule has 0 aliphatic carbocycles. The van der Waals surface area contributed by atoms with E-state index in [1.165, 1.54) is 0 Å². The molecule has 0 bridgehead atoms. The minimum absolute atomic E-state index is 0.405. The van der Waals surface area contributed by atoms with Crippen molar-refractivity contribution in [3.63, 3.8) is 0 Å². The summed E-state index contributed by atoms with van der Waals surface area (Å²) >= 11 is 0. The third-order valence-electron chi connectivity index (χ3n) is 2.47. The number of anilines is 1. The predicted molar refractivity (Wildman–Crippen MR) is 68.6 cm³/mol. The number of nitrogens with two attached hydrogens (primary N) is 1. The highest BCUT2D eigenvalue weighted by Gasteiger charge is 2.06. The fraction of sp³-hybridized carbons (Fsp3) is 0.500. The average Bonchev–Trinajstić information content (AvgIpc) is 2.81. The van der Waals surface area contributed by atoms with Crippen molar-refractivity contribution in [3.05, 3.63) is 18.6 Å². The summed E-state index contributed by atoms with van der Waals surface area (Å²) in [5, 5.41) is 0. The summed E-state index contributed by atoms with van der Waals surface area (Å²) in [6, 6.07) is 0. The lowest BCUT2D eigenvalue weighted by Crippen LogP contribution is -2.10. The standard InChI is InChI=1S/C12H18N4O2/c1-2-3-6-17-7-8-18-12-11-14-4-5-16(11)9-10(13)15-12/h4-5,9H,2-3,6-8,13H2,1H3. The molecule has 6 heteroatoms. The predicted octanol–water partition coefficient (Wildman–Crippen LogP) is 1.51. The van der Waals surface area contributed by atoms with Crippen LogP contribution in [0.5, 0.6) is 5.88 Å². The van der Waals surface area contributed by atoms with Gasteiger partial charge in [-0.15, -0.1) is 0 Å². The van der Waals surface area contributed by atoms with Crippen LogP contribution in [0, 0.1) is 0 Å². The quantitative estimate of drug-likeness (QED) is 0.754. The number of rotatable bonds is 7. The minimum atomic E-state index is 0.405. The van der Waals surface area contributed by atoms with Gasteiger partial charge in [0.1, 0.15) is 12.4 Å². The van der Waals surface area contributed by atoms with Gasteiger partial charge in [0.2, 0.25) is 5.65 Å². The molecule has 0 saturated heterocycles. The molecule has 0 aliphatic rings. The second-order valence-corrected chi connectivity index (χ2v) is 3.94. The first-order chi connectivity index (χ1) is 8.81. The molecule has 0 aliphatic heterocycles. The van der Waals surface area contributed by atoms with E-state index in [2.05, 4.69) is 16.9 Å². The Morgan fingerprint density at radius 3 is 3.06 bits per heavy atom. The molecule has 0 saturated carbocycles. The van der Waals surface area contributed by atoms with E-state index in [1.54, 1.807) is 23.0 Å². The molecule has 98 valence electrons. The largest absolute Gasteiger partial charge is 0.473 e. The van der Waals surface area contributed by atoms with E-state index >= 15 is 0 Å². The zero-order valence-corrected chi connectivity index (χ0v) is 10.5. The molecule has 2 heterocycles. The number of unbranched alkanes of at least 4 members (excludes halogenated alkanes) is 1. The summed E-state index contributed by atoms with van der Waals surface area (Å²) in [4.78, 5) is 8.29. The molecule has 0 fully saturated rings. The highest BCUT2D eigenvalue weighted by atomic mass is 16.5. The van der Waals surface area contributed by atoms with Crippen LogP contribution < -0.4 is 10.5 Å². The normalized spacial score (nSPS) is 10.9. The molecular formula is C12H18N4O2. The van der Waals surface area contributed by atoms with Crippen LogP contribution in [-0.4, -0.2) is 34.2 Å². The third-order valence-corrected chi connectivity index (χ3v) is 2.47. The first-order valence-electron chi connectivity index (χ1n) is 6.11. The van der Waals surface area contributed by atoms with Gasteiger partial charge in [-0.25, -0.2) is 4.98 Å². The molecule has 2 N–H and O–H groups in total. The third kappa shape index (κ3) is 3.10. The van der Waals surface area contributed by atoms with Crippen LogP contribution >= 0.6 is 0 Å². The Kier molecular flexibility index (Phi) is 4.35. The lowest BCUT2D eigenvalue weighted by Gasteiger charge is -2.07. The fourth-order valence-electron chi connectivity index (χ4n) is 1.56. The van der Waals surface area contributed by atoms with Gasteiger partial charge in [0.05, 0.1) is 12.8 Å². The first-order valence-corrected chi connectivity index (χ1v) is 6.11. The van der Waals surface area contributed by atoms with Gasteiger partial charge >= 0.3 is 0 Å². The van der Waals surface area contributed by atoms with Crippen molar-refractivity contribution < 1.29 is 9.47 Å². The number of hydrogen-bond donors (Lipinski definition) is 1. The number of nitrogen functional groups attached to an aromatic ring is 1. The Bertz CT molecular complexity index is 498. The highest BCUT2D eigenvalue weighted by molar-refractivity contribution is 5.52. The van der Waals surface area contributed by atoms with Crippen molar-refractivity contribution in [1.82, 2.24) is 14.4 Å². The Hall–Kier alpha value is -1.82. The molecule has 2 aromatic heterocycles. The molecule has 0 spiro atoms. The molecule has 0 atom stereocenters. The maximum absolute atomic E-state index is 5.68. The average molecular weight is 250 g/mol.